The molecule has 2 aromatic rings. The summed E-state index contributed by atoms with van der Waals surface area (Å²) in [6, 6.07) is 3.55. The Morgan fingerprint density at radius 3 is 2.74 bits per heavy atom. The summed E-state index contributed by atoms with van der Waals surface area (Å²) in [6.45, 7) is 2.01. The molecule has 6 heteroatoms. The van der Waals surface area contributed by atoms with Crippen LogP contribution in [-0.4, -0.2) is 24.7 Å². The average Bonchev–Trinajstić information content (AvgIpc) is 2.39. The molecule has 1 heterocycles. The maximum atomic E-state index is 13.7. The molecule has 100 valence electrons. The van der Waals surface area contributed by atoms with Crippen LogP contribution < -0.4 is 10.2 Å². The number of carbonyl (C=O) groups is 1. The third-order valence-electron chi connectivity index (χ3n) is 2.59. The molecule has 0 aliphatic carbocycles. The van der Waals surface area contributed by atoms with E-state index in [0.717, 1.165) is 12.1 Å². The van der Waals surface area contributed by atoms with Crippen molar-refractivity contribution in [2.75, 3.05) is 13.7 Å². The van der Waals surface area contributed by atoms with Crippen LogP contribution in [0.1, 0.15) is 17.4 Å². The molecule has 1 aromatic heterocycles. The summed E-state index contributed by atoms with van der Waals surface area (Å²) in [6.07, 6.45) is 0. The van der Waals surface area contributed by atoms with Crippen LogP contribution >= 0.6 is 0 Å². The first kappa shape index (κ1) is 13.1. The quantitative estimate of drug-likeness (QED) is 0.860. The minimum atomic E-state index is -0.687. The molecule has 0 spiro atoms. The maximum Gasteiger partial charge on any atom is 0.354 e. The van der Waals surface area contributed by atoms with E-state index in [0.29, 0.717) is 6.61 Å². The van der Waals surface area contributed by atoms with Gasteiger partial charge in [-0.1, -0.05) is 0 Å². The summed E-state index contributed by atoms with van der Waals surface area (Å²) in [4.78, 5) is 25.9. The lowest BCUT2D eigenvalue weighted by Crippen LogP contribution is -2.11. The molecule has 2 rings (SSSR count). The zero-order valence-electron chi connectivity index (χ0n) is 10.5. The Kier molecular flexibility index (Phi) is 3.50. The fourth-order valence-electron chi connectivity index (χ4n) is 1.74. The molecule has 5 nitrogen and oxygen atoms in total. The number of H-pyrrole nitrogens is 1. The van der Waals surface area contributed by atoms with Crippen molar-refractivity contribution in [1.82, 2.24) is 4.98 Å². The zero-order chi connectivity index (χ0) is 14.0. The number of hydrogen-bond acceptors (Lipinski definition) is 4. The Labute approximate surface area is 108 Å². The van der Waals surface area contributed by atoms with E-state index in [1.165, 1.54) is 13.2 Å². The van der Waals surface area contributed by atoms with Gasteiger partial charge in [0, 0.05) is 17.5 Å². The summed E-state index contributed by atoms with van der Waals surface area (Å²) in [7, 11) is 1.20. The predicted octanol–water partition coefficient (Wildman–Crippen LogP) is 1.85. The first-order valence-electron chi connectivity index (χ1n) is 5.64. The van der Waals surface area contributed by atoms with Gasteiger partial charge in [0.1, 0.15) is 5.69 Å². The number of fused-ring (bicyclic) bond motifs is 1. The van der Waals surface area contributed by atoms with Crippen molar-refractivity contribution in [1.29, 1.82) is 0 Å². The highest BCUT2D eigenvalue weighted by molar-refractivity contribution is 5.91. The number of rotatable bonds is 3. The molecule has 0 aliphatic heterocycles. The number of hydrogen-bond donors (Lipinski definition) is 1. The highest BCUT2D eigenvalue weighted by Crippen LogP contribution is 2.22. The number of esters is 1. The lowest BCUT2D eigenvalue weighted by Gasteiger charge is -2.07. The predicted molar refractivity (Wildman–Crippen MR) is 67.0 cm³/mol. The maximum absolute atomic E-state index is 13.7. The van der Waals surface area contributed by atoms with Crippen molar-refractivity contribution < 1.29 is 18.7 Å². The second-order valence-corrected chi connectivity index (χ2v) is 3.80. The van der Waals surface area contributed by atoms with E-state index in [4.69, 9.17) is 4.74 Å². The molecule has 0 bridgehead atoms. The van der Waals surface area contributed by atoms with Gasteiger partial charge < -0.3 is 14.5 Å². The van der Waals surface area contributed by atoms with Crippen molar-refractivity contribution in [3.63, 3.8) is 0 Å². The number of methoxy groups -OCH3 is 1. The molecule has 1 N–H and O–H groups in total. The van der Waals surface area contributed by atoms with Crippen molar-refractivity contribution in [2.45, 2.75) is 6.92 Å². The number of ether oxygens (including phenoxy) is 2. The van der Waals surface area contributed by atoms with Crippen molar-refractivity contribution in [3.05, 3.63) is 39.9 Å². The molecule has 0 radical (unpaired) electrons. The fraction of sp³-hybridized carbons (Fsp3) is 0.231. The molecule has 0 saturated carbocycles. The van der Waals surface area contributed by atoms with Gasteiger partial charge in [-0.25, -0.2) is 9.18 Å². The molecule has 1 aromatic carbocycles. The smallest absolute Gasteiger partial charge is 0.354 e. The SMILES string of the molecule is CCOc1cc2c(=O)cc(C(=O)OC)[nH]c2cc1F. The second-order valence-electron chi connectivity index (χ2n) is 3.80. The van der Waals surface area contributed by atoms with Crippen molar-refractivity contribution in [3.8, 4) is 5.75 Å². The van der Waals surface area contributed by atoms with Gasteiger partial charge in [0.15, 0.2) is 17.0 Å². The highest BCUT2D eigenvalue weighted by atomic mass is 19.1. The molecule has 0 atom stereocenters. The molecule has 0 aliphatic rings. The van der Waals surface area contributed by atoms with Crippen LogP contribution in [0.5, 0.6) is 5.75 Å². The van der Waals surface area contributed by atoms with Crippen LogP contribution in [0.3, 0.4) is 0 Å². The summed E-state index contributed by atoms with van der Waals surface area (Å²) in [5, 5.41) is 0.248. The van der Waals surface area contributed by atoms with Gasteiger partial charge in [-0.15, -0.1) is 0 Å². The minimum absolute atomic E-state index is 0.00585. The number of carbonyl (C=O) groups excluding carboxylic acids is 1. The average molecular weight is 265 g/mol. The topological polar surface area (TPSA) is 68.4 Å². The molecule has 0 amide bonds. The van der Waals surface area contributed by atoms with Gasteiger partial charge in [0.25, 0.3) is 0 Å². The summed E-state index contributed by atoms with van der Waals surface area (Å²) >= 11 is 0. The van der Waals surface area contributed by atoms with Gasteiger partial charge in [0.05, 0.1) is 19.2 Å². The molecule has 0 fully saturated rings. The van der Waals surface area contributed by atoms with E-state index in [1.807, 2.05) is 0 Å². The first-order valence-corrected chi connectivity index (χ1v) is 5.64. The summed E-state index contributed by atoms with van der Waals surface area (Å²) in [5.41, 5.74) is -0.215. The van der Waals surface area contributed by atoms with E-state index in [1.54, 1.807) is 6.92 Å². The van der Waals surface area contributed by atoms with E-state index >= 15 is 0 Å². The van der Waals surface area contributed by atoms with Crippen LogP contribution in [-0.2, 0) is 4.74 Å². The monoisotopic (exact) mass is 265 g/mol. The normalized spacial score (nSPS) is 10.5. The zero-order valence-corrected chi connectivity index (χ0v) is 10.5. The Morgan fingerprint density at radius 2 is 2.11 bits per heavy atom. The lowest BCUT2D eigenvalue weighted by molar-refractivity contribution is 0.0594. The summed E-state index contributed by atoms with van der Waals surface area (Å²) in [5.74, 6) is -1.29. The number of pyridine rings is 1. The van der Waals surface area contributed by atoms with Crippen molar-refractivity contribution >= 4 is 16.9 Å². The number of nitrogens with one attached hydrogen (secondary N) is 1. The first-order chi connectivity index (χ1) is 9.06. The Morgan fingerprint density at radius 1 is 1.37 bits per heavy atom. The molecular formula is C13H12FNO4. The van der Waals surface area contributed by atoms with Crippen LogP contribution in [0, 0.1) is 5.82 Å². The van der Waals surface area contributed by atoms with E-state index in [-0.39, 0.29) is 22.3 Å². The summed E-state index contributed by atoms with van der Waals surface area (Å²) < 4.78 is 23.3. The molecule has 19 heavy (non-hydrogen) atoms. The van der Waals surface area contributed by atoms with Crippen LogP contribution in [0.4, 0.5) is 4.39 Å². The Balaban J connectivity index is 2.67. The van der Waals surface area contributed by atoms with Gasteiger partial charge in [-0.2, -0.15) is 0 Å². The van der Waals surface area contributed by atoms with Crippen LogP contribution in [0.15, 0.2) is 23.0 Å². The second kappa shape index (κ2) is 5.09. The van der Waals surface area contributed by atoms with E-state index < -0.39 is 17.2 Å². The standard InChI is InChI=1S/C13H12FNO4/c1-3-19-12-4-7-9(5-8(12)14)15-10(6-11(7)16)13(17)18-2/h4-6H,3H2,1-2H3,(H,15,16). The van der Waals surface area contributed by atoms with E-state index in [2.05, 4.69) is 9.72 Å². The molecule has 0 saturated heterocycles. The van der Waals surface area contributed by atoms with Gasteiger partial charge in [-0.3, -0.25) is 4.79 Å². The highest BCUT2D eigenvalue weighted by Gasteiger charge is 2.13. The number of halogens is 1. The largest absolute Gasteiger partial charge is 0.491 e. The molecule has 0 unspecified atom stereocenters. The number of benzene rings is 1. The molecular weight excluding hydrogens is 253 g/mol. The van der Waals surface area contributed by atoms with E-state index in [9.17, 15) is 14.0 Å². The number of aromatic amines is 1. The van der Waals surface area contributed by atoms with Gasteiger partial charge in [-0.05, 0) is 13.0 Å². The number of aromatic nitrogens is 1. The lowest BCUT2D eigenvalue weighted by atomic mass is 10.1. The van der Waals surface area contributed by atoms with Crippen LogP contribution in [0.2, 0.25) is 0 Å². The Hall–Kier alpha value is -2.37. The van der Waals surface area contributed by atoms with Crippen LogP contribution in [0.25, 0.3) is 10.9 Å². The third kappa shape index (κ3) is 2.42. The Bertz CT molecular complexity index is 693. The van der Waals surface area contributed by atoms with Gasteiger partial charge >= 0.3 is 5.97 Å². The minimum Gasteiger partial charge on any atom is -0.491 e. The van der Waals surface area contributed by atoms with Crippen molar-refractivity contribution in [2.24, 2.45) is 0 Å². The third-order valence-corrected chi connectivity index (χ3v) is 2.59. The van der Waals surface area contributed by atoms with Gasteiger partial charge in [0.2, 0.25) is 0 Å². The fourth-order valence-corrected chi connectivity index (χ4v) is 1.74.